The molecular weight excluding hydrogens is 186 g/mol. The van der Waals surface area contributed by atoms with Gasteiger partial charge in [0.25, 0.3) is 0 Å². The second-order valence-corrected chi connectivity index (χ2v) is 4.19. The number of hydrogen-bond acceptors (Lipinski definition) is 1. The summed E-state index contributed by atoms with van der Waals surface area (Å²) in [6.07, 6.45) is 3.29. The van der Waals surface area contributed by atoms with E-state index in [0.29, 0.717) is 11.8 Å². The Labute approximate surface area is 95.0 Å². The van der Waals surface area contributed by atoms with Gasteiger partial charge in [-0.3, -0.25) is 4.79 Å². The standard InChI is InChI=1S/C11H21NO.C2H6/c1-4-6-12(5-2)11(13)10-7-9(3)8-10;1-2/h9-10H,4-8H2,1-3H3;1-2H3. The lowest BCUT2D eigenvalue weighted by Gasteiger charge is -2.35. The van der Waals surface area contributed by atoms with Gasteiger partial charge in [-0.1, -0.05) is 27.7 Å². The Kier molecular flexibility index (Phi) is 7.45. The summed E-state index contributed by atoms with van der Waals surface area (Å²) in [6, 6.07) is 0. The first kappa shape index (κ1) is 14.5. The minimum atomic E-state index is 0.349. The summed E-state index contributed by atoms with van der Waals surface area (Å²) >= 11 is 0. The van der Waals surface area contributed by atoms with E-state index in [1.165, 1.54) is 0 Å². The monoisotopic (exact) mass is 213 g/mol. The Bertz CT molecular complexity index is 173. The van der Waals surface area contributed by atoms with Gasteiger partial charge in [0.1, 0.15) is 0 Å². The van der Waals surface area contributed by atoms with E-state index in [1.54, 1.807) is 0 Å². The van der Waals surface area contributed by atoms with Crippen LogP contribution in [0.2, 0.25) is 0 Å². The van der Waals surface area contributed by atoms with Crippen LogP contribution in [-0.2, 0) is 4.79 Å². The first-order valence-corrected chi connectivity index (χ1v) is 6.47. The Morgan fingerprint density at radius 2 is 1.80 bits per heavy atom. The van der Waals surface area contributed by atoms with E-state index in [-0.39, 0.29) is 0 Å². The summed E-state index contributed by atoms with van der Waals surface area (Å²) in [7, 11) is 0. The third kappa shape index (κ3) is 4.23. The van der Waals surface area contributed by atoms with E-state index in [4.69, 9.17) is 0 Å². The molecule has 0 aliphatic heterocycles. The quantitative estimate of drug-likeness (QED) is 0.701. The van der Waals surface area contributed by atoms with Crippen molar-refractivity contribution in [3.05, 3.63) is 0 Å². The lowest BCUT2D eigenvalue weighted by atomic mass is 9.75. The maximum atomic E-state index is 11.8. The highest BCUT2D eigenvalue weighted by Gasteiger charge is 2.33. The minimum Gasteiger partial charge on any atom is -0.343 e. The molecule has 2 nitrogen and oxygen atoms in total. The fraction of sp³-hybridized carbons (Fsp3) is 0.923. The predicted octanol–water partition coefficient (Wildman–Crippen LogP) is 3.32. The molecule has 0 unspecified atom stereocenters. The van der Waals surface area contributed by atoms with Crippen LogP contribution < -0.4 is 0 Å². The molecule has 0 bridgehead atoms. The van der Waals surface area contributed by atoms with Gasteiger partial charge in [-0.05, 0) is 32.1 Å². The van der Waals surface area contributed by atoms with Crippen LogP contribution in [0.1, 0.15) is 53.9 Å². The minimum absolute atomic E-state index is 0.349. The van der Waals surface area contributed by atoms with Crippen molar-refractivity contribution in [1.82, 2.24) is 4.90 Å². The van der Waals surface area contributed by atoms with E-state index < -0.39 is 0 Å². The number of hydrogen-bond donors (Lipinski definition) is 0. The van der Waals surface area contributed by atoms with Crippen molar-refractivity contribution in [1.29, 1.82) is 0 Å². The predicted molar refractivity (Wildman–Crippen MR) is 65.8 cm³/mol. The Morgan fingerprint density at radius 1 is 1.27 bits per heavy atom. The fourth-order valence-corrected chi connectivity index (χ4v) is 2.06. The van der Waals surface area contributed by atoms with Crippen LogP contribution in [0.4, 0.5) is 0 Å². The maximum Gasteiger partial charge on any atom is 0.225 e. The van der Waals surface area contributed by atoms with Crippen LogP contribution in [0.15, 0.2) is 0 Å². The highest BCUT2D eigenvalue weighted by Crippen LogP contribution is 2.34. The molecule has 0 aromatic rings. The summed E-state index contributed by atoms with van der Waals surface area (Å²) in [5.41, 5.74) is 0. The zero-order valence-corrected chi connectivity index (χ0v) is 11.0. The van der Waals surface area contributed by atoms with Crippen molar-refractivity contribution < 1.29 is 4.79 Å². The molecule has 0 heterocycles. The molecule has 90 valence electrons. The molecule has 0 saturated heterocycles. The molecule has 1 amide bonds. The van der Waals surface area contributed by atoms with Gasteiger partial charge in [-0.25, -0.2) is 0 Å². The van der Waals surface area contributed by atoms with Crippen LogP contribution in [0, 0.1) is 11.8 Å². The summed E-state index contributed by atoms with van der Waals surface area (Å²) in [6.45, 7) is 12.2. The second kappa shape index (κ2) is 7.72. The van der Waals surface area contributed by atoms with E-state index >= 15 is 0 Å². The molecule has 0 N–H and O–H groups in total. The summed E-state index contributed by atoms with van der Waals surface area (Å²) in [5, 5.41) is 0. The third-order valence-electron chi connectivity index (χ3n) is 2.91. The highest BCUT2D eigenvalue weighted by molar-refractivity contribution is 5.79. The van der Waals surface area contributed by atoms with Crippen molar-refractivity contribution in [3.63, 3.8) is 0 Å². The molecule has 2 heteroatoms. The van der Waals surface area contributed by atoms with Crippen molar-refractivity contribution in [2.45, 2.75) is 53.9 Å². The van der Waals surface area contributed by atoms with Gasteiger partial charge >= 0.3 is 0 Å². The third-order valence-corrected chi connectivity index (χ3v) is 2.91. The van der Waals surface area contributed by atoms with E-state index in [2.05, 4.69) is 20.8 Å². The molecule has 1 rings (SSSR count). The lowest BCUT2D eigenvalue weighted by Crippen LogP contribution is -2.41. The summed E-state index contributed by atoms with van der Waals surface area (Å²) in [5.74, 6) is 1.51. The molecule has 0 aromatic carbocycles. The van der Waals surface area contributed by atoms with Crippen LogP contribution in [0.3, 0.4) is 0 Å². The largest absolute Gasteiger partial charge is 0.343 e. The van der Waals surface area contributed by atoms with Crippen LogP contribution in [-0.4, -0.2) is 23.9 Å². The molecule has 0 radical (unpaired) electrons. The molecule has 0 atom stereocenters. The number of rotatable bonds is 4. The number of amides is 1. The highest BCUT2D eigenvalue weighted by atomic mass is 16.2. The zero-order chi connectivity index (χ0) is 11.8. The topological polar surface area (TPSA) is 20.3 Å². The molecule has 1 fully saturated rings. The summed E-state index contributed by atoms with van der Waals surface area (Å²) < 4.78 is 0. The number of nitrogens with zero attached hydrogens (tertiary/aromatic N) is 1. The van der Waals surface area contributed by atoms with Crippen LogP contribution in [0.25, 0.3) is 0 Å². The van der Waals surface area contributed by atoms with Gasteiger partial charge in [-0.15, -0.1) is 0 Å². The average Bonchev–Trinajstić information content (AvgIpc) is 2.23. The molecule has 15 heavy (non-hydrogen) atoms. The molecule has 1 aliphatic carbocycles. The number of carbonyl (C=O) groups is 1. The second-order valence-electron chi connectivity index (χ2n) is 4.19. The Balaban J connectivity index is 0.000000921. The van der Waals surface area contributed by atoms with Crippen molar-refractivity contribution in [2.24, 2.45) is 11.8 Å². The van der Waals surface area contributed by atoms with E-state index in [9.17, 15) is 4.79 Å². The summed E-state index contributed by atoms with van der Waals surface area (Å²) in [4.78, 5) is 13.8. The lowest BCUT2D eigenvalue weighted by molar-refractivity contribution is -0.139. The number of carbonyl (C=O) groups excluding carboxylic acids is 1. The fourth-order valence-electron chi connectivity index (χ4n) is 2.06. The van der Waals surface area contributed by atoms with E-state index in [0.717, 1.165) is 38.3 Å². The average molecular weight is 213 g/mol. The normalized spacial score (nSPS) is 23.5. The van der Waals surface area contributed by atoms with Gasteiger partial charge in [0.2, 0.25) is 5.91 Å². The van der Waals surface area contributed by atoms with Crippen molar-refractivity contribution >= 4 is 5.91 Å². The van der Waals surface area contributed by atoms with Gasteiger partial charge in [-0.2, -0.15) is 0 Å². The molecule has 0 aromatic heterocycles. The van der Waals surface area contributed by atoms with E-state index in [1.807, 2.05) is 18.7 Å². The molecule has 1 aliphatic rings. The van der Waals surface area contributed by atoms with Crippen molar-refractivity contribution in [2.75, 3.05) is 13.1 Å². The van der Waals surface area contributed by atoms with Crippen LogP contribution >= 0.6 is 0 Å². The molecule has 1 saturated carbocycles. The Hall–Kier alpha value is -0.530. The zero-order valence-electron chi connectivity index (χ0n) is 11.0. The van der Waals surface area contributed by atoms with Gasteiger partial charge in [0, 0.05) is 19.0 Å². The van der Waals surface area contributed by atoms with Crippen LogP contribution in [0.5, 0.6) is 0 Å². The molecular formula is C13H27NO. The Morgan fingerprint density at radius 3 is 2.13 bits per heavy atom. The first-order valence-electron chi connectivity index (χ1n) is 6.47. The van der Waals surface area contributed by atoms with Gasteiger partial charge in [0.15, 0.2) is 0 Å². The van der Waals surface area contributed by atoms with Gasteiger partial charge in [0.05, 0.1) is 0 Å². The SMILES string of the molecule is CC.CCCN(CC)C(=O)C1CC(C)C1. The maximum absolute atomic E-state index is 11.8. The smallest absolute Gasteiger partial charge is 0.225 e. The first-order chi connectivity index (χ1) is 7.19. The van der Waals surface area contributed by atoms with Crippen molar-refractivity contribution in [3.8, 4) is 0 Å². The van der Waals surface area contributed by atoms with Gasteiger partial charge < -0.3 is 4.90 Å². The molecule has 0 spiro atoms.